The van der Waals surface area contributed by atoms with E-state index in [1.807, 2.05) is 6.07 Å². The monoisotopic (exact) mass is 254 g/mol. The second kappa shape index (κ2) is 5.55. The highest BCUT2D eigenvalue weighted by molar-refractivity contribution is 7.93. The third-order valence-electron chi connectivity index (χ3n) is 2.02. The van der Waals surface area contributed by atoms with E-state index in [0.717, 1.165) is 0 Å². The summed E-state index contributed by atoms with van der Waals surface area (Å²) in [5.74, 6) is 0.454. The minimum Gasteiger partial charge on any atom is -0.479 e. The molecule has 0 aliphatic heterocycles. The van der Waals surface area contributed by atoms with Crippen molar-refractivity contribution in [1.82, 2.24) is 0 Å². The Bertz CT molecular complexity index is 518. The van der Waals surface area contributed by atoms with Gasteiger partial charge in [0.1, 0.15) is 11.8 Å². The lowest BCUT2D eigenvalue weighted by molar-refractivity contribution is 0.368. The van der Waals surface area contributed by atoms with Crippen molar-refractivity contribution in [2.75, 3.05) is 11.3 Å². The lowest BCUT2D eigenvalue weighted by Gasteiger charge is -2.11. The molecule has 0 saturated carbocycles. The van der Waals surface area contributed by atoms with Gasteiger partial charge in [-0.05, 0) is 26.0 Å². The van der Waals surface area contributed by atoms with Crippen LogP contribution in [0.4, 0.5) is 5.69 Å². The minimum absolute atomic E-state index is 0.0691. The number of nitrogens with one attached hydrogen (secondary N) is 1. The Morgan fingerprint density at radius 2 is 2.18 bits per heavy atom. The van der Waals surface area contributed by atoms with Crippen LogP contribution >= 0.6 is 0 Å². The quantitative estimate of drug-likeness (QED) is 0.868. The number of hydrogen-bond donors (Lipinski definition) is 1. The van der Waals surface area contributed by atoms with Gasteiger partial charge in [0.2, 0.25) is 10.0 Å². The first-order chi connectivity index (χ1) is 7.95. The van der Waals surface area contributed by atoms with Gasteiger partial charge in [-0.2, -0.15) is 5.26 Å². The molecule has 92 valence electrons. The van der Waals surface area contributed by atoms with Gasteiger partial charge in [-0.15, -0.1) is 0 Å². The van der Waals surface area contributed by atoms with Crippen LogP contribution in [-0.4, -0.2) is 20.3 Å². The Labute approximate surface area is 101 Å². The largest absolute Gasteiger partial charge is 0.479 e. The van der Waals surface area contributed by atoms with Crippen molar-refractivity contribution in [1.29, 1.82) is 5.26 Å². The van der Waals surface area contributed by atoms with Gasteiger partial charge in [-0.25, -0.2) is 8.42 Å². The first-order valence-electron chi connectivity index (χ1n) is 5.07. The molecule has 1 aromatic carbocycles. The average molecular weight is 254 g/mol. The van der Waals surface area contributed by atoms with Gasteiger partial charge in [-0.1, -0.05) is 6.07 Å². The first kappa shape index (κ1) is 13.3. The number of ether oxygens (including phenoxy) is 1. The summed E-state index contributed by atoms with van der Waals surface area (Å²) in [6, 6.07) is 8.32. The number of hydrogen-bond acceptors (Lipinski definition) is 4. The van der Waals surface area contributed by atoms with Crippen LogP contribution in [0, 0.1) is 11.3 Å². The SMILES string of the molecule is CC(C)S(=O)(=O)Nc1cccc(OCC#N)c1. The third kappa shape index (κ3) is 3.96. The summed E-state index contributed by atoms with van der Waals surface area (Å²) in [4.78, 5) is 0. The predicted molar refractivity (Wildman–Crippen MR) is 65.2 cm³/mol. The van der Waals surface area contributed by atoms with Crippen LogP contribution in [0.2, 0.25) is 0 Å². The van der Waals surface area contributed by atoms with Crippen LogP contribution < -0.4 is 9.46 Å². The molecule has 17 heavy (non-hydrogen) atoms. The van der Waals surface area contributed by atoms with Gasteiger partial charge in [0.05, 0.1) is 10.9 Å². The Balaban J connectivity index is 2.83. The Kier molecular flexibility index (Phi) is 4.35. The second-order valence-corrected chi connectivity index (χ2v) is 5.91. The second-order valence-electron chi connectivity index (χ2n) is 3.67. The number of benzene rings is 1. The van der Waals surface area contributed by atoms with E-state index >= 15 is 0 Å². The zero-order valence-electron chi connectivity index (χ0n) is 9.67. The summed E-state index contributed by atoms with van der Waals surface area (Å²) >= 11 is 0. The van der Waals surface area contributed by atoms with Gasteiger partial charge < -0.3 is 4.74 Å². The summed E-state index contributed by atoms with van der Waals surface area (Å²) in [5.41, 5.74) is 0.425. The molecular weight excluding hydrogens is 240 g/mol. The van der Waals surface area contributed by atoms with Crippen molar-refractivity contribution in [3.8, 4) is 11.8 Å². The number of sulfonamides is 1. The number of nitriles is 1. The van der Waals surface area contributed by atoms with E-state index < -0.39 is 15.3 Å². The molecule has 0 aliphatic rings. The van der Waals surface area contributed by atoms with Gasteiger partial charge >= 0.3 is 0 Å². The fraction of sp³-hybridized carbons (Fsp3) is 0.364. The van der Waals surface area contributed by atoms with Crippen molar-refractivity contribution < 1.29 is 13.2 Å². The molecule has 0 spiro atoms. The molecule has 0 atom stereocenters. The molecule has 1 rings (SSSR count). The standard InChI is InChI=1S/C11H14N2O3S/c1-9(2)17(14,15)13-10-4-3-5-11(8-10)16-7-6-12/h3-5,8-9,13H,7H2,1-2H3. The number of anilines is 1. The van der Waals surface area contributed by atoms with E-state index in [1.54, 1.807) is 32.0 Å². The average Bonchev–Trinajstić information content (AvgIpc) is 2.26. The molecule has 6 heteroatoms. The lowest BCUT2D eigenvalue weighted by Crippen LogP contribution is -2.22. The van der Waals surface area contributed by atoms with Crippen molar-refractivity contribution in [3.05, 3.63) is 24.3 Å². The van der Waals surface area contributed by atoms with Crippen molar-refractivity contribution in [3.63, 3.8) is 0 Å². The zero-order chi connectivity index (χ0) is 12.9. The maximum atomic E-state index is 11.6. The highest BCUT2D eigenvalue weighted by Crippen LogP contribution is 2.19. The number of nitrogens with zero attached hydrogens (tertiary/aromatic N) is 1. The molecule has 0 amide bonds. The molecular formula is C11H14N2O3S. The van der Waals surface area contributed by atoms with Crippen molar-refractivity contribution in [2.45, 2.75) is 19.1 Å². The molecule has 1 N–H and O–H groups in total. The molecule has 0 saturated heterocycles. The number of rotatable bonds is 5. The van der Waals surface area contributed by atoms with Gasteiger partial charge in [-0.3, -0.25) is 4.72 Å². The van der Waals surface area contributed by atoms with E-state index in [2.05, 4.69) is 4.72 Å². The van der Waals surface area contributed by atoms with E-state index in [1.165, 1.54) is 6.07 Å². The summed E-state index contributed by atoms with van der Waals surface area (Å²) in [6.45, 7) is 3.12. The molecule has 0 aliphatic carbocycles. The molecule has 5 nitrogen and oxygen atoms in total. The maximum absolute atomic E-state index is 11.6. The van der Waals surface area contributed by atoms with Crippen LogP contribution in [0.3, 0.4) is 0 Å². The summed E-state index contributed by atoms with van der Waals surface area (Å²) in [5, 5.41) is 7.86. The van der Waals surface area contributed by atoms with E-state index in [9.17, 15) is 8.42 Å². The molecule has 0 fully saturated rings. The smallest absolute Gasteiger partial charge is 0.235 e. The van der Waals surface area contributed by atoms with Gasteiger partial charge in [0.15, 0.2) is 6.61 Å². The van der Waals surface area contributed by atoms with Gasteiger partial charge in [0, 0.05) is 6.07 Å². The molecule has 0 aromatic heterocycles. The van der Waals surface area contributed by atoms with E-state index in [0.29, 0.717) is 11.4 Å². The minimum atomic E-state index is -3.36. The molecule has 0 bridgehead atoms. The van der Waals surface area contributed by atoms with Crippen LogP contribution in [0.15, 0.2) is 24.3 Å². The Morgan fingerprint density at radius 3 is 2.76 bits per heavy atom. The summed E-state index contributed by atoms with van der Waals surface area (Å²) in [6.07, 6.45) is 0. The van der Waals surface area contributed by atoms with E-state index in [4.69, 9.17) is 10.00 Å². The highest BCUT2D eigenvalue weighted by Gasteiger charge is 2.15. The summed E-state index contributed by atoms with van der Waals surface area (Å²) < 4.78 is 30.8. The predicted octanol–water partition coefficient (Wildman–Crippen LogP) is 1.74. The molecule has 1 aromatic rings. The fourth-order valence-corrected chi connectivity index (χ4v) is 1.74. The zero-order valence-corrected chi connectivity index (χ0v) is 10.5. The molecule has 0 heterocycles. The fourth-order valence-electron chi connectivity index (χ4n) is 1.05. The van der Waals surface area contributed by atoms with Crippen LogP contribution in [0.25, 0.3) is 0 Å². The lowest BCUT2D eigenvalue weighted by atomic mass is 10.3. The molecule has 0 radical (unpaired) electrons. The first-order valence-corrected chi connectivity index (χ1v) is 6.62. The summed E-state index contributed by atoms with van der Waals surface area (Å²) in [7, 11) is -3.36. The van der Waals surface area contributed by atoms with Crippen LogP contribution in [0.5, 0.6) is 5.75 Å². The molecule has 0 unspecified atom stereocenters. The third-order valence-corrected chi connectivity index (χ3v) is 3.78. The normalized spacial score (nSPS) is 10.9. The van der Waals surface area contributed by atoms with E-state index in [-0.39, 0.29) is 6.61 Å². The van der Waals surface area contributed by atoms with Crippen LogP contribution in [0.1, 0.15) is 13.8 Å². The maximum Gasteiger partial charge on any atom is 0.235 e. The Morgan fingerprint density at radius 1 is 1.47 bits per heavy atom. The topological polar surface area (TPSA) is 79.2 Å². The van der Waals surface area contributed by atoms with Crippen molar-refractivity contribution >= 4 is 15.7 Å². The van der Waals surface area contributed by atoms with Crippen LogP contribution in [-0.2, 0) is 10.0 Å². The highest BCUT2D eigenvalue weighted by atomic mass is 32.2. The van der Waals surface area contributed by atoms with Crippen molar-refractivity contribution in [2.24, 2.45) is 0 Å². The van der Waals surface area contributed by atoms with Gasteiger partial charge in [0.25, 0.3) is 0 Å². The Hall–Kier alpha value is -1.74.